The number of imidazole rings is 1. The highest BCUT2D eigenvalue weighted by atomic mass is 35.5. The van der Waals surface area contributed by atoms with E-state index in [1.807, 2.05) is 12.1 Å². The molecule has 9 rings (SSSR count). The fourth-order valence-corrected chi connectivity index (χ4v) is 8.76. The highest BCUT2D eigenvalue weighted by Crippen LogP contribution is 2.31. The van der Waals surface area contributed by atoms with Crippen LogP contribution in [0.5, 0.6) is 0 Å². The average Bonchev–Trinajstić information content (AvgIpc) is 3.71. The minimum absolute atomic E-state index is 0.266. The van der Waals surface area contributed by atoms with Gasteiger partial charge in [-0.2, -0.15) is 4.98 Å². The van der Waals surface area contributed by atoms with Gasteiger partial charge in [0, 0.05) is 87.9 Å². The molecule has 14 nitrogen and oxygen atoms in total. The van der Waals surface area contributed by atoms with Crippen molar-refractivity contribution in [1.82, 2.24) is 34.1 Å². The lowest BCUT2D eigenvalue weighted by atomic mass is 9.95. The van der Waals surface area contributed by atoms with Gasteiger partial charge < -0.3 is 20.4 Å². The molecule has 3 aromatic carbocycles. The van der Waals surface area contributed by atoms with E-state index in [0.29, 0.717) is 56.8 Å². The molecule has 3 saturated heterocycles. The van der Waals surface area contributed by atoms with Gasteiger partial charge in [0.05, 0.1) is 21.4 Å². The van der Waals surface area contributed by atoms with Crippen LogP contribution < -0.4 is 31.3 Å². The van der Waals surface area contributed by atoms with Gasteiger partial charge in [0.25, 0.3) is 5.56 Å². The summed E-state index contributed by atoms with van der Waals surface area (Å²) in [4.78, 5) is 57.9. The van der Waals surface area contributed by atoms with Crippen molar-refractivity contribution in [2.45, 2.75) is 31.7 Å². The van der Waals surface area contributed by atoms with E-state index in [9.17, 15) is 14.4 Å². The van der Waals surface area contributed by atoms with Crippen LogP contribution in [-0.4, -0.2) is 92.5 Å². The highest BCUT2D eigenvalue weighted by molar-refractivity contribution is 6.37. The number of hydrogen-bond acceptors (Lipinski definition) is 11. The molecule has 0 radical (unpaired) electrons. The molecular weight excluding hydrogens is 784 g/mol. The van der Waals surface area contributed by atoms with Crippen LogP contribution in [0.2, 0.25) is 10.0 Å². The van der Waals surface area contributed by atoms with Crippen LogP contribution >= 0.6 is 23.2 Å². The predicted molar refractivity (Wildman–Crippen MR) is 223 cm³/mol. The van der Waals surface area contributed by atoms with Crippen molar-refractivity contribution in [2.75, 3.05) is 66.2 Å². The Labute approximate surface area is 342 Å². The monoisotopic (exact) mass is 823 g/mol. The Bertz CT molecular complexity index is 2570. The van der Waals surface area contributed by atoms with Crippen LogP contribution in [0.1, 0.15) is 25.7 Å². The van der Waals surface area contributed by atoms with E-state index in [1.54, 1.807) is 47.1 Å². The standard InChI is InChI=1S/C41H40Cl2FN11O3/c42-30-2-1-3-31(43)36(30)55-39(58)29-23-46-40(50-37(29)54-17-14-45-41(54)55)48-26-4-7-28(8-5-26)52-20-18-51(19-21-52)24-25-12-15-53(16-13-25)34-10-6-27(22-32(34)44)47-33-9-11-35(56)49-38(33)57/h1-8,10,14,17,22-23,25,33,47H,9,11-13,15-16,18-21,24H2,(H,46,48,50)(H,49,56,57). The number of nitrogens with one attached hydrogen (secondary N) is 3. The molecule has 0 saturated carbocycles. The number of nitrogens with zero attached hydrogens (tertiary/aromatic N) is 8. The number of halogens is 3. The number of hydrogen-bond donors (Lipinski definition) is 3. The number of carbonyl (C=O) groups is 2. The number of piperidine rings is 2. The smallest absolute Gasteiger partial charge is 0.270 e. The molecule has 1 atom stereocenters. The molecule has 6 heterocycles. The summed E-state index contributed by atoms with van der Waals surface area (Å²) in [7, 11) is 0. The quantitative estimate of drug-likeness (QED) is 0.151. The summed E-state index contributed by atoms with van der Waals surface area (Å²) in [5.74, 6) is 0.241. The molecule has 3 N–H and O–H groups in total. The second kappa shape index (κ2) is 15.9. The number of amides is 2. The maximum atomic E-state index is 15.2. The summed E-state index contributed by atoms with van der Waals surface area (Å²) < 4.78 is 18.3. The Balaban J connectivity index is 0.773. The van der Waals surface area contributed by atoms with Crippen molar-refractivity contribution in [3.63, 3.8) is 0 Å². The predicted octanol–water partition coefficient (Wildman–Crippen LogP) is 5.87. The normalized spacial score (nSPS) is 18.2. The lowest BCUT2D eigenvalue weighted by Gasteiger charge is -2.40. The van der Waals surface area contributed by atoms with Crippen LogP contribution in [0.25, 0.3) is 22.5 Å². The molecule has 3 fully saturated rings. The van der Waals surface area contributed by atoms with Crippen LogP contribution in [0, 0.1) is 11.7 Å². The lowest BCUT2D eigenvalue weighted by molar-refractivity contribution is -0.133. The van der Waals surface area contributed by atoms with Crippen molar-refractivity contribution in [3.05, 3.63) is 105 Å². The summed E-state index contributed by atoms with van der Waals surface area (Å²) in [5.41, 5.74) is 3.41. The van der Waals surface area contributed by atoms with Crippen LogP contribution in [0.3, 0.4) is 0 Å². The molecule has 17 heteroatoms. The summed E-state index contributed by atoms with van der Waals surface area (Å²) in [5, 5.41) is 9.58. The molecule has 1 unspecified atom stereocenters. The largest absolute Gasteiger partial charge is 0.374 e. The molecule has 2 amide bonds. The van der Waals surface area contributed by atoms with Gasteiger partial charge in [-0.1, -0.05) is 29.3 Å². The highest BCUT2D eigenvalue weighted by Gasteiger charge is 2.28. The third-order valence-corrected chi connectivity index (χ3v) is 11.9. The first-order chi connectivity index (χ1) is 28.2. The first-order valence-electron chi connectivity index (χ1n) is 19.4. The molecule has 58 heavy (non-hydrogen) atoms. The van der Waals surface area contributed by atoms with Gasteiger partial charge in [0.1, 0.15) is 17.2 Å². The Hall–Kier alpha value is -5.77. The van der Waals surface area contributed by atoms with E-state index in [1.165, 1.54) is 16.8 Å². The van der Waals surface area contributed by atoms with E-state index in [0.717, 1.165) is 70.0 Å². The molecule has 0 aliphatic carbocycles. The van der Waals surface area contributed by atoms with Crippen molar-refractivity contribution >= 4 is 80.5 Å². The fourth-order valence-electron chi connectivity index (χ4n) is 8.19. The van der Waals surface area contributed by atoms with Gasteiger partial charge in [-0.05, 0) is 79.8 Å². The SMILES string of the molecule is O=C1CCC(Nc2ccc(N3CCC(CN4CCN(c5ccc(Nc6ncc7c(=O)n(-c8c(Cl)cccc8Cl)c8nccn8c7n6)cc5)CC4)CC3)c(F)c2)C(=O)N1. The zero-order chi connectivity index (χ0) is 39.9. The minimum atomic E-state index is -0.549. The molecule has 298 valence electrons. The summed E-state index contributed by atoms with van der Waals surface area (Å²) in [6, 6.07) is 17.7. The fraction of sp³-hybridized carbons (Fsp3) is 0.317. The van der Waals surface area contributed by atoms with E-state index in [2.05, 4.69) is 52.8 Å². The summed E-state index contributed by atoms with van der Waals surface area (Å²) >= 11 is 12.9. The number of imide groups is 1. The molecular formula is C41H40Cl2FN11O3. The van der Waals surface area contributed by atoms with Crippen LogP contribution in [0.4, 0.5) is 33.1 Å². The first kappa shape index (κ1) is 37.8. The third-order valence-electron chi connectivity index (χ3n) is 11.3. The number of piperazine rings is 1. The summed E-state index contributed by atoms with van der Waals surface area (Å²) in [6.07, 6.45) is 7.46. The number of aromatic nitrogens is 5. The second-order valence-electron chi connectivity index (χ2n) is 14.9. The zero-order valence-corrected chi connectivity index (χ0v) is 32.9. The van der Waals surface area contributed by atoms with Crippen molar-refractivity contribution in [1.29, 1.82) is 0 Å². The topological polar surface area (TPSA) is 145 Å². The van der Waals surface area contributed by atoms with Gasteiger partial charge in [-0.15, -0.1) is 0 Å². The second-order valence-corrected chi connectivity index (χ2v) is 15.8. The molecule has 3 aliphatic rings. The molecule has 3 aliphatic heterocycles. The molecule has 0 bridgehead atoms. The number of fused-ring (bicyclic) bond motifs is 3. The van der Waals surface area contributed by atoms with Gasteiger partial charge >= 0.3 is 0 Å². The maximum absolute atomic E-state index is 15.2. The van der Waals surface area contributed by atoms with Gasteiger partial charge in [0.2, 0.25) is 23.5 Å². The van der Waals surface area contributed by atoms with E-state index in [-0.39, 0.29) is 35.0 Å². The van der Waals surface area contributed by atoms with Crippen LogP contribution in [-0.2, 0) is 9.59 Å². The Kier molecular flexibility index (Phi) is 10.3. The van der Waals surface area contributed by atoms with Gasteiger partial charge in [-0.25, -0.2) is 18.9 Å². The molecule has 0 spiro atoms. The summed E-state index contributed by atoms with van der Waals surface area (Å²) in [6.45, 7) is 6.38. The Morgan fingerprint density at radius 3 is 2.31 bits per heavy atom. The number of rotatable bonds is 9. The first-order valence-corrected chi connectivity index (χ1v) is 20.1. The van der Waals surface area contributed by atoms with Crippen molar-refractivity contribution in [3.8, 4) is 5.69 Å². The maximum Gasteiger partial charge on any atom is 0.270 e. The van der Waals surface area contributed by atoms with Crippen LogP contribution in [0.15, 0.2) is 84.0 Å². The number of benzene rings is 3. The lowest BCUT2D eigenvalue weighted by Crippen LogP contribution is -2.49. The van der Waals surface area contributed by atoms with E-state index in [4.69, 9.17) is 28.2 Å². The van der Waals surface area contributed by atoms with Crippen molar-refractivity contribution in [2.24, 2.45) is 5.92 Å². The zero-order valence-electron chi connectivity index (χ0n) is 31.4. The minimum Gasteiger partial charge on any atom is -0.374 e. The Morgan fingerprint density at radius 1 is 0.845 bits per heavy atom. The molecule has 6 aromatic rings. The average molecular weight is 825 g/mol. The van der Waals surface area contributed by atoms with E-state index >= 15 is 4.39 Å². The Morgan fingerprint density at radius 2 is 1.59 bits per heavy atom. The number of anilines is 5. The van der Waals surface area contributed by atoms with Gasteiger partial charge in [-0.3, -0.25) is 29.0 Å². The third kappa shape index (κ3) is 7.52. The molecule has 3 aromatic heterocycles. The number of para-hydroxylation sites is 1. The number of carbonyl (C=O) groups excluding carboxylic acids is 2. The van der Waals surface area contributed by atoms with Gasteiger partial charge in [0.15, 0.2) is 5.65 Å². The van der Waals surface area contributed by atoms with E-state index < -0.39 is 6.04 Å². The van der Waals surface area contributed by atoms with Crippen molar-refractivity contribution < 1.29 is 14.0 Å².